The first-order valence-corrected chi connectivity index (χ1v) is 21.4. The van der Waals surface area contributed by atoms with E-state index in [2.05, 4.69) is 35.7 Å². The summed E-state index contributed by atoms with van der Waals surface area (Å²) in [6.07, 6.45) is 3.82. The van der Waals surface area contributed by atoms with Gasteiger partial charge in [-0.25, -0.2) is 9.13 Å². The summed E-state index contributed by atoms with van der Waals surface area (Å²) in [4.78, 5) is 16.4. The molecule has 4 rings (SSSR count). The van der Waals surface area contributed by atoms with Gasteiger partial charge in [-0.2, -0.15) is 0 Å². The van der Waals surface area contributed by atoms with Crippen molar-refractivity contribution in [3.8, 4) is 0 Å². The van der Waals surface area contributed by atoms with Crippen LogP contribution < -0.4 is 29.6 Å². The van der Waals surface area contributed by atoms with Crippen LogP contribution in [0, 0.1) is 0 Å². The molecule has 0 aliphatic carbocycles. The van der Waals surface area contributed by atoms with Gasteiger partial charge in [-0.3, -0.25) is 4.79 Å². The van der Waals surface area contributed by atoms with Crippen LogP contribution in [0.25, 0.3) is 0 Å². The topological polar surface area (TPSA) is 186 Å². The molecule has 0 fully saturated rings. The summed E-state index contributed by atoms with van der Waals surface area (Å²) in [6.45, 7) is 4.97. The van der Waals surface area contributed by atoms with E-state index in [1.54, 1.807) is 26.2 Å². The van der Waals surface area contributed by atoms with Gasteiger partial charge in [0.05, 0.1) is 36.7 Å². The summed E-state index contributed by atoms with van der Waals surface area (Å²) < 4.78 is 3.84. The van der Waals surface area contributed by atoms with Crippen LogP contribution in [-0.4, -0.2) is 110 Å². The number of carbonyl (C=O) groups excluding carboxylic acids is 1. The fourth-order valence-corrected chi connectivity index (χ4v) is 8.17. The van der Waals surface area contributed by atoms with Gasteiger partial charge < -0.3 is 40.9 Å². The van der Waals surface area contributed by atoms with Crippen LogP contribution in [0.15, 0.2) is 92.1 Å². The lowest BCUT2D eigenvalue weighted by Gasteiger charge is -2.22. The molecule has 286 valence electrons. The monoisotopic (exact) mass is 804 g/mol. The van der Waals surface area contributed by atoms with E-state index in [0.717, 1.165) is 53.3 Å². The smallest absolute Gasteiger partial charge is 0.395 e. The zero-order valence-electron chi connectivity index (χ0n) is 29.4. The van der Waals surface area contributed by atoms with Crippen LogP contribution in [0.5, 0.6) is 0 Å². The number of thiazole rings is 2. The number of hydrogen-bond acceptors (Lipinski definition) is 16. The third kappa shape index (κ3) is 15.0. The Kier molecular flexibility index (Phi) is 19.7. The normalized spacial score (nSPS) is 11.5. The molecule has 0 aliphatic heterocycles. The Labute approximate surface area is 325 Å². The largest absolute Gasteiger partial charge is 0.408 e. The lowest BCUT2D eigenvalue weighted by molar-refractivity contribution is -0.678. The van der Waals surface area contributed by atoms with Crippen LogP contribution in [-0.2, 0) is 17.9 Å². The molecule has 0 radical (unpaired) electrons. The maximum atomic E-state index is 12.6. The van der Waals surface area contributed by atoms with Gasteiger partial charge >= 0.3 is 10.3 Å². The number of aromatic nitrogens is 2. The number of hydrogen-bond donors (Lipinski definition) is 6. The maximum absolute atomic E-state index is 12.6. The minimum atomic E-state index is -0.0862. The van der Waals surface area contributed by atoms with Gasteiger partial charge in [-0.05, 0) is 81.4 Å². The molecular weight excluding hydrogens is 757 g/mol. The van der Waals surface area contributed by atoms with Crippen molar-refractivity contribution in [3.63, 3.8) is 0 Å². The van der Waals surface area contributed by atoms with Crippen molar-refractivity contribution in [2.45, 2.75) is 13.1 Å². The summed E-state index contributed by atoms with van der Waals surface area (Å²) in [6, 6.07) is 15.0. The zero-order chi connectivity index (χ0) is 37.5. The third-order valence-electron chi connectivity index (χ3n) is 7.53. The molecule has 2 aromatic carbocycles. The van der Waals surface area contributed by atoms with Crippen molar-refractivity contribution in [3.05, 3.63) is 71.7 Å². The Balaban J connectivity index is 1.06. The molecule has 1 amide bonds. The zero-order valence-corrected chi connectivity index (χ0v) is 32.7. The number of carbonyl (C=O) groups is 1. The first-order chi connectivity index (χ1) is 26.0. The van der Waals surface area contributed by atoms with Crippen LogP contribution in [0.4, 0.5) is 33.0 Å². The first kappa shape index (κ1) is 42.2. The Morgan fingerprint density at radius 1 is 0.642 bits per heavy atom. The number of nitrogens with zero attached hydrogens (tertiary/aromatic N) is 8. The summed E-state index contributed by atoms with van der Waals surface area (Å²) in [5, 5.41) is 66.3. The first-order valence-electron chi connectivity index (χ1n) is 17.2. The SMILES string of the molecule is O=C(C[n+]1ccsc1N=Nc1ccc(N(CCO)CCO)cc1)NCCSSCCNCC[n+]1ccsc1N=Nc1ccc(N(CCO)CCO)cc1. The molecule has 53 heavy (non-hydrogen) atoms. The number of nitrogens with one attached hydrogen (secondary N) is 2. The van der Waals surface area contributed by atoms with E-state index in [1.165, 1.54) is 22.7 Å². The summed E-state index contributed by atoms with van der Waals surface area (Å²) in [7, 11) is 3.50. The van der Waals surface area contributed by atoms with Crippen LogP contribution in [0.3, 0.4) is 0 Å². The van der Waals surface area contributed by atoms with Gasteiger partial charge in [-0.1, -0.05) is 21.6 Å². The number of azo groups is 2. The lowest BCUT2D eigenvalue weighted by atomic mass is 10.2. The van der Waals surface area contributed by atoms with Crippen molar-refractivity contribution < 1.29 is 34.4 Å². The van der Waals surface area contributed by atoms with Crippen LogP contribution in [0.2, 0.25) is 0 Å². The van der Waals surface area contributed by atoms with Crippen molar-refractivity contribution in [2.75, 3.05) is 93.5 Å². The van der Waals surface area contributed by atoms with Crippen molar-refractivity contribution in [1.82, 2.24) is 10.6 Å². The molecule has 2 heterocycles. The van der Waals surface area contributed by atoms with Crippen molar-refractivity contribution in [2.24, 2.45) is 20.5 Å². The van der Waals surface area contributed by atoms with E-state index < -0.39 is 0 Å². The van der Waals surface area contributed by atoms with Crippen LogP contribution >= 0.6 is 44.3 Å². The fraction of sp³-hybridized carbons (Fsp3) is 0.441. The highest BCUT2D eigenvalue weighted by Gasteiger charge is 2.16. The minimum Gasteiger partial charge on any atom is -0.395 e. The Morgan fingerprint density at radius 2 is 1.11 bits per heavy atom. The molecule has 2 aromatic heterocycles. The second-order valence-electron chi connectivity index (χ2n) is 11.2. The molecule has 0 bridgehead atoms. The summed E-state index contributed by atoms with van der Waals surface area (Å²) >= 11 is 2.93. The molecule has 0 unspecified atom stereocenters. The summed E-state index contributed by atoms with van der Waals surface area (Å²) in [5.74, 6) is 1.65. The molecule has 15 nitrogen and oxygen atoms in total. The fourth-order valence-electron chi connectivity index (χ4n) is 4.93. The maximum Gasteiger partial charge on any atom is 0.408 e. The predicted octanol–water partition coefficient (Wildman–Crippen LogP) is 3.58. The third-order valence-corrected chi connectivity index (χ3v) is 11.5. The lowest BCUT2D eigenvalue weighted by Crippen LogP contribution is -2.42. The van der Waals surface area contributed by atoms with E-state index in [9.17, 15) is 25.2 Å². The van der Waals surface area contributed by atoms with E-state index >= 15 is 0 Å². The molecular formula is C34H48N10O5S4+2. The van der Waals surface area contributed by atoms with E-state index in [-0.39, 0.29) is 38.9 Å². The average molecular weight is 805 g/mol. The quantitative estimate of drug-likeness (QED) is 0.0237. The number of amides is 1. The standard InChI is InChI=1S/C34H47N10O5S4/c45-19-13-41(14-20-46)30-5-1-28(2-6-30)37-39-33-43(17-25-50-33)12-9-35-10-23-52-53-24-11-36-32(49)27-44-18-26-51-34(44)40-38-29-3-7-31(8-4-29)42(15-21-47)16-22-48/h1-8,17-18,25-26,35,45-48H,9-16,19-24,27H2/q+1/p+1. The van der Waals surface area contributed by atoms with Crippen molar-refractivity contribution >= 4 is 83.2 Å². The predicted molar refractivity (Wildman–Crippen MR) is 214 cm³/mol. The Bertz CT molecular complexity index is 1660. The van der Waals surface area contributed by atoms with E-state index in [0.29, 0.717) is 43.5 Å². The van der Waals surface area contributed by atoms with Gasteiger partial charge in [0.1, 0.15) is 30.3 Å². The Hall–Kier alpha value is -3.53. The van der Waals surface area contributed by atoms with Gasteiger partial charge in [0.2, 0.25) is 0 Å². The van der Waals surface area contributed by atoms with E-state index in [4.69, 9.17) is 0 Å². The molecule has 0 spiro atoms. The number of anilines is 2. The molecule has 4 aromatic rings. The summed E-state index contributed by atoms with van der Waals surface area (Å²) in [5.41, 5.74) is 3.18. The van der Waals surface area contributed by atoms with Crippen molar-refractivity contribution in [1.29, 1.82) is 0 Å². The number of aliphatic hydroxyl groups is 4. The molecule has 19 heteroatoms. The van der Waals surface area contributed by atoms with Gasteiger partial charge in [0, 0.05) is 79.5 Å². The molecule has 0 saturated heterocycles. The average Bonchev–Trinajstić information content (AvgIpc) is 3.83. The highest BCUT2D eigenvalue weighted by atomic mass is 33.1. The minimum absolute atomic E-state index is 0.00117. The second kappa shape index (κ2) is 24.7. The second-order valence-corrected chi connectivity index (χ2v) is 15.7. The highest BCUT2D eigenvalue weighted by Crippen LogP contribution is 2.24. The molecule has 0 atom stereocenters. The van der Waals surface area contributed by atoms with E-state index in [1.807, 2.05) is 81.5 Å². The molecule has 0 aliphatic rings. The van der Waals surface area contributed by atoms with Gasteiger partial charge in [0.15, 0.2) is 6.54 Å². The van der Waals surface area contributed by atoms with Gasteiger partial charge in [-0.15, -0.1) is 0 Å². The highest BCUT2D eigenvalue weighted by molar-refractivity contribution is 8.76. The number of aliphatic hydroxyl groups excluding tert-OH is 4. The number of benzene rings is 2. The number of rotatable bonds is 26. The van der Waals surface area contributed by atoms with Gasteiger partial charge in [0.25, 0.3) is 5.91 Å². The Morgan fingerprint density at radius 3 is 1.62 bits per heavy atom. The molecule has 6 N–H and O–H groups in total. The van der Waals surface area contributed by atoms with Crippen LogP contribution in [0.1, 0.15) is 0 Å². The molecule has 0 saturated carbocycles.